The molecule has 0 atom stereocenters. The van der Waals surface area contributed by atoms with Crippen molar-refractivity contribution in [3.63, 3.8) is 0 Å². The third kappa shape index (κ3) is 5.46. The van der Waals surface area contributed by atoms with Crippen molar-refractivity contribution in [1.82, 2.24) is 4.98 Å². The maximum atomic E-state index is 11.3. The van der Waals surface area contributed by atoms with Crippen LogP contribution >= 0.6 is 11.3 Å². The van der Waals surface area contributed by atoms with Gasteiger partial charge in [0.15, 0.2) is 5.13 Å². The number of carbonyl (C=O) groups excluding carboxylic acids is 2. The Kier molecular flexibility index (Phi) is 6.76. The van der Waals surface area contributed by atoms with Gasteiger partial charge in [-0.3, -0.25) is 9.59 Å². The van der Waals surface area contributed by atoms with Gasteiger partial charge in [0.05, 0.1) is 18.4 Å². The smallest absolute Gasteiger partial charge is 0.305 e. The minimum absolute atomic E-state index is 0.0746. The fourth-order valence-corrected chi connectivity index (χ4v) is 3.00. The molecule has 25 heavy (non-hydrogen) atoms. The second-order valence-corrected chi connectivity index (χ2v) is 6.31. The molecule has 0 bridgehead atoms. The van der Waals surface area contributed by atoms with Gasteiger partial charge in [-0.15, -0.1) is 11.3 Å². The second-order valence-electron chi connectivity index (χ2n) is 5.45. The maximum Gasteiger partial charge on any atom is 0.305 e. The summed E-state index contributed by atoms with van der Waals surface area (Å²) in [5, 5.41) is 15.5. The van der Waals surface area contributed by atoms with Crippen LogP contribution in [0.2, 0.25) is 0 Å². The van der Waals surface area contributed by atoms with Gasteiger partial charge in [0, 0.05) is 23.9 Å². The van der Waals surface area contributed by atoms with Gasteiger partial charge < -0.3 is 20.9 Å². The SMILES string of the molecule is COC(=O)CCCCCNc1nc(-c2ccc(O)c(C(N)=O)c2)cs1. The molecule has 0 aliphatic heterocycles. The number of ether oxygens (including phenoxy) is 1. The van der Waals surface area contributed by atoms with Crippen molar-refractivity contribution in [2.75, 3.05) is 19.0 Å². The Bertz CT molecular complexity index is 745. The van der Waals surface area contributed by atoms with E-state index < -0.39 is 5.91 Å². The van der Waals surface area contributed by atoms with Crippen molar-refractivity contribution in [2.24, 2.45) is 5.73 Å². The van der Waals surface area contributed by atoms with Crippen molar-refractivity contribution in [2.45, 2.75) is 25.7 Å². The summed E-state index contributed by atoms with van der Waals surface area (Å²) in [4.78, 5) is 26.8. The molecule has 2 rings (SSSR count). The van der Waals surface area contributed by atoms with Gasteiger partial charge in [-0.05, 0) is 31.0 Å². The summed E-state index contributed by atoms with van der Waals surface area (Å²) >= 11 is 1.46. The van der Waals surface area contributed by atoms with Crippen LogP contribution in [0.3, 0.4) is 0 Å². The van der Waals surface area contributed by atoms with Crippen molar-refractivity contribution in [3.8, 4) is 17.0 Å². The monoisotopic (exact) mass is 363 g/mol. The number of nitrogens with two attached hydrogens (primary N) is 1. The van der Waals surface area contributed by atoms with Crippen LogP contribution in [0.4, 0.5) is 5.13 Å². The molecule has 0 saturated heterocycles. The Hall–Kier alpha value is -2.61. The number of unbranched alkanes of at least 4 members (excludes halogenated alkanes) is 2. The number of rotatable bonds is 9. The first-order valence-electron chi connectivity index (χ1n) is 7.90. The number of aromatic hydroxyl groups is 1. The Morgan fingerprint density at radius 3 is 2.84 bits per heavy atom. The standard InChI is InChI=1S/C17H21N3O4S/c1-24-15(22)5-3-2-4-8-19-17-20-13(10-25-17)11-6-7-14(21)12(9-11)16(18)23/h6-7,9-10,21H,2-5,8H2,1H3,(H2,18,23)(H,19,20). The molecule has 1 aromatic carbocycles. The van der Waals surface area contributed by atoms with E-state index >= 15 is 0 Å². The quantitative estimate of drug-likeness (QED) is 0.466. The number of esters is 1. The number of phenols is 1. The lowest BCUT2D eigenvalue weighted by molar-refractivity contribution is -0.140. The summed E-state index contributed by atoms with van der Waals surface area (Å²) in [6.07, 6.45) is 3.11. The second kappa shape index (κ2) is 9.03. The van der Waals surface area contributed by atoms with E-state index in [1.165, 1.54) is 30.6 Å². The third-order valence-corrected chi connectivity index (χ3v) is 4.42. The number of thiazole rings is 1. The lowest BCUT2D eigenvalue weighted by atomic mass is 10.1. The molecule has 0 fully saturated rings. The molecule has 0 radical (unpaired) electrons. The zero-order valence-corrected chi connectivity index (χ0v) is 14.8. The summed E-state index contributed by atoms with van der Waals surface area (Å²) in [5.41, 5.74) is 6.74. The van der Waals surface area contributed by atoms with E-state index in [-0.39, 0.29) is 17.3 Å². The minimum Gasteiger partial charge on any atom is -0.507 e. The summed E-state index contributed by atoms with van der Waals surface area (Å²) < 4.78 is 4.59. The van der Waals surface area contributed by atoms with E-state index in [4.69, 9.17) is 5.73 Å². The third-order valence-electron chi connectivity index (χ3n) is 3.62. The van der Waals surface area contributed by atoms with Crippen LogP contribution < -0.4 is 11.1 Å². The Labute approximate surface area is 149 Å². The average molecular weight is 363 g/mol. The summed E-state index contributed by atoms with van der Waals surface area (Å²) in [6, 6.07) is 4.65. The van der Waals surface area contributed by atoms with Crippen molar-refractivity contribution >= 4 is 28.3 Å². The predicted molar refractivity (Wildman–Crippen MR) is 96.7 cm³/mol. The average Bonchev–Trinajstić information content (AvgIpc) is 3.06. The molecule has 1 heterocycles. The number of methoxy groups -OCH3 is 1. The number of hydrogen-bond acceptors (Lipinski definition) is 7. The molecule has 7 nitrogen and oxygen atoms in total. The summed E-state index contributed by atoms with van der Waals surface area (Å²) in [7, 11) is 1.39. The molecule has 1 amide bonds. The van der Waals surface area contributed by atoms with E-state index in [9.17, 15) is 14.7 Å². The number of nitrogens with zero attached hydrogens (tertiary/aromatic N) is 1. The Morgan fingerprint density at radius 1 is 1.32 bits per heavy atom. The summed E-state index contributed by atoms with van der Waals surface area (Å²) in [6.45, 7) is 0.760. The molecule has 2 aromatic rings. The topological polar surface area (TPSA) is 115 Å². The molecule has 0 saturated carbocycles. The van der Waals surface area contributed by atoms with Crippen LogP contribution in [0, 0.1) is 0 Å². The number of primary amides is 1. The molecule has 0 spiro atoms. The first kappa shape index (κ1) is 18.7. The van der Waals surface area contributed by atoms with Crippen LogP contribution in [0.5, 0.6) is 5.75 Å². The van der Waals surface area contributed by atoms with Gasteiger partial charge in [0.2, 0.25) is 0 Å². The van der Waals surface area contributed by atoms with Gasteiger partial charge in [0.25, 0.3) is 5.91 Å². The van der Waals surface area contributed by atoms with Gasteiger partial charge in [0.1, 0.15) is 5.75 Å². The molecule has 8 heteroatoms. The number of hydrogen-bond donors (Lipinski definition) is 3. The van der Waals surface area contributed by atoms with E-state index in [0.717, 1.165) is 30.9 Å². The lowest BCUT2D eigenvalue weighted by Crippen LogP contribution is -2.11. The van der Waals surface area contributed by atoms with Crippen LogP contribution in [0.1, 0.15) is 36.0 Å². The van der Waals surface area contributed by atoms with Crippen molar-refractivity contribution in [1.29, 1.82) is 0 Å². The van der Waals surface area contributed by atoms with Gasteiger partial charge in [-0.1, -0.05) is 6.42 Å². The molecule has 0 aliphatic carbocycles. The van der Waals surface area contributed by atoms with E-state index in [1.807, 2.05) is 5.38 Å². The maximum absolute atomic E-state index is 11.3. The molecule has 0 unspecified atom stereocenters. The zero-order valence-electron chi connectivity index (χ0n) is 13.9. The fourth-order valence-electron chi connectivity index (χ4n) is 2.25. The van der Waals surface area contributed by atoms with E-state index in [2.05, 4.69) is 15.0 Å². The molecular formula is C17H21N3O4S. The first-order chi connectivity index (χ1) is 12.0. The van der Waals surface area contributed by atoms with Crippen LogP contribution in [0.25, 0.3) is 11.3 Å². The summed E-state index contributed by atoms with van der Waals surface area (Å²) in [5.74, 6) is -1.00. The Balaban J connectivity index is 1.85. The minimum atomic E-state index is -0.681. The zero-order chi connectivity index (χ0) is 18.2. The number of carbonyl (C=O) groups is 2. The lowest BCUT2D eigenvalue weighted by Gasteiger charge is -2.04. The highest BCUT2D eigenvalue weighted by molar-refractivity contribution is 7.14. The van der Waals surface area contributed by atoms with Crippen LogP contribution in [-0.2, 0) is 9.53 Å². The number of aromatic nitrogens is 1. The predicted octanol–water partition coefficient (Wildman–Crippen LogP) is 2.76. The molecule has 4 N–H and O–H groups in total. The molecule has 1 aromatic heterocycles. The number of nitrogens with one attached hydrogen (secondary N) is 1. The number of benzene rings is 1. The highest BCUT2D eigenvalue weighted by Crippen LogP contribution is 2.28. The first-order valence-corrected chi connectivity index (χ1v) is 8.78. The van der Waals surface area contributed by atoms with Gasteiger partial charge in [-0.2, -0.15) is 0 Å². The number of anilines is 1. The fraction of sp³-hybridized carbons (Fsp3) is 0.353. The van der Waals surface area contributed by atoms with Crippen LogP contribution in [0.15, 0.2) is 23.6 Å². The highest BCUT2D eigenvalue weighted by atomic mass is 32.1. The Morgan fingerprint density at radius 2 is 2.12 bits per heavy atom. The van der Waals surface area contributed by atoms with E-state index in [0.29, 0.717) is 17.7 Å². The van der Waals surface area contributed by atoms with E-state index in [1.54, 1.807) is 6.07 Å². The molecule has 134 valence electrons. The molecular weight excluding hydrogens is 342 g/mol. The molecule has 0 aliphatic rings. The van der Waals surface area contributed by atoms with Crippen molar-refractivity contribution in [3.05, 3.63) is 29.1 Å². The van der Waals surface area contributed by atoms with Crippen LogP contribution in [-0.4, -0.2) is 35.6 Å². The largest absolute Gasteiger partial charge is 0.507 e. The van der Waals surface area contributed by atoms with Crippen molar-refractivity contribution < 1.29 is 19.4 Å². The number of amides is 1. The van der Waals surface area contributed by atoms with Gasteiger partial charge in [-0.25, -0.2) is 4.98 Å². The normalized spacial score (nSPS) is 10.4. The van der Waals surface area contributed by atoms with Gasteiger partial charge >= 0.3 is 5.97 Å². The highest BCUT2D eigenvalue weighted by Gasteiger charge is 2.11.